The summed E-state index contributed by atoms with van der Waals surface area (Å²) in [7, 11) is 4.12. The van der Waals surface area contributed by atoms with E-state index in [0.29, 0.717) is 16.6 Å². The van der Waals surface area contributed by atoms with Gasteiger partial charge in [0.05, 0.1) is 27.5 Å². The van der Waals surface area contributed by atoms with Crippen molar-refractivity contribution in [2.75, 3.05) is 20.6 Å². The molecule has 0 aliphatic carbocycles. The average Bonchev–Trinajstić information content (AvgIpc) is 2.51. The van der Waals surface area contributed by atoms with Crippen LogP contribution in [-0.2, 0) is 6.54 Å². The number of nitrogens with zero attached hydrogens (tertiary/aromatic N) is 1. The Morgan fingerprint density at radius 3 is 2.16 bits per heavy atom. The second-order valence-electron chi connectivity index (χ2n) is 5.69. The fraction of sp³-hybridized carbons (Fsp3) is 0.647. The fourth-order valence-electron chi connectivity index (χ4n) is 2.18. The third-order valence-corrected chi connectivity index (χ3v) is 3.25. The van der Waals surface area contributed by atoms with E-state index in [1.807, 2.05) is 0 Å². The first-order valence-electron chi connectivity index (χ1n) is 9.59. The lowest BCUT2D eigenvalue weighted by molar-refractivity contribution is -0.903. The van der Waals surface area contributed by atoms with Crippen molar-refractivity contribution < 1.29 is 23.7 Å². The molecule has 19 heavy (non-hydrogen) atoms. The lowest BCUT2D eigenvalue weighted by Crippen LogP contribution is -3.00. The van der Waals surface area contributed by atoms with Crippen LogP contribution < -0.4 is 12.4 Å². The summed E-state index contributed by atoms with van der Waals surface area (Å²) in [6.45, 7) is 3.62. The lowest BCUT2D eigenvalue weighted by Gasteiger charge is -2.30. The van der Waals surface area contributed by atoms with Gasteiger partial charge >= 0.3 is 0 Å². The molecule has 0 radical (unpaired) electrons. The Labute approximate surface area is 133 Å². The predicted molar refractivity (Wildman–Crippen MR) is 80.5 cm³/mol. The highest BCUT2D eigenvalue weighted by Crippen LogP contribution is 2.12. The van der Waals surface area contributed by atoms with Crippen LogP contribution in [0.2, 0.25) is 0 Å². The summed E-state index contributed by atoms with van der Waals surface area (Å²) in [6, 6.07) is -0.915. The van der Waals surface area contributed by atoms with Gasteiger partial charge in [-0.2, -0.15) is 0 Å². The molecule has 0 fully saturated rings. The van der Waals surface area contributed by atoms with E-state index < -0.39 is 0 Å². The third kappa shape index (κ3) is 9.07. The van der Waals surface area contributed by atoms with Crippen LogP contribution in [0.15, 0.2) is 30.2 Å². The molecule has 0 amide bonds. The van der Waals surface area contributed by atoms with Crippen molar-refractivity contribution in [2.45, 2.75) is 52.0 Å². The Balaban J connectivity index is 0.00000529. The van der Waals surface area contributed by atoms with E-state index >= 15 is 0 Å². The fourth-order valence-corrected chi connectivity index (χ4v) is 2.18. The van der Waals surface area contributed by atoms with Gasteiger partial charge in [0.25, 0.3) is 0 Å². The van der Waals surface area contributed by atoms with Crippen LogP contribution >= 0.6 is 0 Å². The van der Waals surface area contributed by atoms with Crippen molar-refractivity contribution in [3.63, 3.8) is 0 Å². The molecule has 0 aliphatic heterocycles. The SMILES string of the molecule is [2H]c1c([2H])c([2H])c(C[N+](C)(C)CCCCCCCC)c([2H])c1[2H].[Cl-]. The molecular formula is C17H30ClN. The van der Waals surface area contributed by atoms with Crippen molar-refractivity contribution in [2.24, 2.45) is 0 Å². The van der Waals surface area contributed by atoms with Gasteiger partial charge in [-0.3, -0.25) is 0 Å². The van der Waals surface area contributed by atoms with Crippen molar-refractivity contribution in [1.29, 1.82) is 0 Å². The molecule has 0 saturated carbocycles. The first-order chi connectivity index (χ1) is 10.7. The molecule has 0 saturated heterocycles. The van der Waals surface area contributed by atoms with Gasteiger partial charge in [0.1, 0.15) is 6.54 Å². The summed E-state index contributed by atoms with van der Waals surface area (Å²) in [5, 5.41) is 0. The molecule has 0 aliphatic rings. The number of quaternary nitrogens is 1. The maximum Gasteiger partial charge on any atom is 0.104 e. The molecule has 0 atom stereocenters. The lowest BCUT2D eigenvalue weighted by atomic mass is 10.1. The quantitative estimate of drug-likeness (QED) is 0.479. The molecule has 0 unspecified atom stereocenters. The molecule has 0 spiro atoms. The van der Waals surface area contributed by atoms with Crippen LogP contribution in [0.1, 0.15) is 57.9 Å². The number of benzene rings is 1. The van der Waals surface area contributed by atoms with Crippen LogP contribution in [0.4, 0.5) is 0 Å². The van der Waals surface area contributed by atoms with Gasteiger partial charge in [-0.1, -0.05) is 62.8 Å². The minimum Gasteiger partial charge on any atom is -1.00 e. The molecule has 1 rings (SSSR count). The van der Waals surface area contributed by atoms with Crippen LogP contribution in [0, 0.1) is 0 Å². The summed E-state index contributed by atoms with van der Waals surface area (Å²) >= 11 is 0. The first-order valence-corrected chi connectivity index (χ1v) is 7.09. The number of halogens is 1. The number of unbranched alkanes of at least 4 members (excludes halogenated alkanes) is 5. The maximum atomic E-state index is 8.02. The molecule has 110 valence electrons. The Morgan fingerprint density at radius 2 is 1.53 bits per heavy atom. The van der Waals surface area contributed by atoms with Crippen molar-refractivity contribution in [3.8, 4) is 0 Å². The second kappa shape index (κ2) is 10.3. The Hall–Kier alpha value is -0.530. The van der Waals surface area contributed by atoms with Gasteiger partial charge in [-0.05, 0) is 12.8 Å². The van der Waals surface area contributed by atoms with Crippen molar-refractivity contribution in [3.05, 3.63) is 35.8 Å². The topological polar surface area (TPSA) is 0 Å². The normalized spacial score (nSPS) is 14.8. The molecular weight excluding hydrogens is 254 g/mol. The van der Waals surface area contributed by atoms with E-state index in [4.69, 9.17) is 6.85 Å². The summed E-state index contributed by atoms with van der Waals surface area (Å²) in [6.07, 6.45) is 7.38. The average molecular weight is 289 g/mol. The summed E-state index contributed by atoms with van der Waals surface area (Å²) in [4.78, 5) is 0. The van der Waals surface area contributed by atoms with Crippen molar-refractivity contribution in [1.82, 2.24) is 0 Å². The minimum absolute atomic E-state index is 0. The molecule has 1 nitrogen and oxygen atoms in total. The van der Waals surface area contributed by atoms with Gasteiger partial charge < -0.3 is 16.9 Å². The highest BCUT2D eigenvalue weighted by Gasteiger charge is 2.14. The van der Waals surface area contributed by atoms with Gasteiger partial charge in [0.15, 0.2) is 0 Å². The largest absolute Gasteiger partial charge is 1.00 e. The second-order valence-corrected chi connectivity index (χ2v) is 5.69. The predicted octanol–water partition coefficient (Wildman–Crippen LogP) is 1.63. The molecule has 0 N–H and O–H groups in total. The van der Waals surface area contributed by atoms with Gasteiger partial charge in [-0.25, -0.2) is 0 Å². The standard InChI is InChI=1S/C17H30N.ClH/c1-4-5-6-7-8-12-15-18(2,3)16-17-13-10-9-11-14-17;/h9-11,13-14H,4-8,12,15-16H2,1-3H3;1H/q+1;/p-1/i9D,10D,11D,13D,14D;. The van der Waals surface area contributed by atoms with Gasteiger partial charge in [0, 0.05) is 5.56 Å². The summed E-state index contributed by atoms with van der Waals surface area (Å²) in [5.41, 5.74) is 0.423. The zero-order valence-corrected chi connectivity index (χ0v) is 13.2. The monoisotopic (exact) mass is 288 g/mol. The number of rotatable bonds is 9. The van der Waals surface area contributed by atoms with Crippen LogP contribution in [0.5, 0.6) is 0 Å². The van der Waals surface area contributed by atoms with E-state index in [2.05, 4.69) is 21.0 Å². The van der Waals surface area contributed by atoms with E-state index in [9.17, 15) is 0 Å². The number of hydrogen-bond donors (Lipinski definition) is 0. The van der Waals surface area contributed by atoms with Crippen LogP contribution in [0.3, 0.4) is 0 Å². The molecule has 1 aromatic carbocycles. The molecule has 2 heteroatoms. The Morgan fingerprint density at radius 1 is 0.947 bits per heavy atom. The molecule has 0 heterocycles. The van der Waals surface area contributed by atoms with Crippen LogP contribution in [-0.4, -0.2) is 25.1 Å². The Kier molecular flexibility index (Phi) is 6.04. The zero-order valence-electron chi connectivity index (χ0n) is 17.5. The highest BCUT2D eigenvalue weighted by molar-refractivity contribution is 5.13. The van der Waals surface area contributed by atoms with Gasteiger partial charge in [0.2, 0.25) is 0 Å². The van der Waals surface area contributed by atoms with E-state index in [1.165, 1.54) is 32.1 Å². The van der Waals surface area contributed by atoms with Gasteiger partial charge in [-0.15, -0.1) is 0 Å². The third-order valence-electron chi connectivity index (χ3n) is 3.25. The van der Waals surface area contributed by atoms with E-state index in [1.54, 1.807) is 0 Å². The molecule has 0 bridgehead atoms. The first kappa shape index (κ1) is 11.2. The maximum absolute atomic E-state index is 8.02. The van der Waals surface area contributed by atoms with E-state index in [0.717, 1.165) is 13.0 Å². The van der Waals surface area contributed by atoms with E-state index in [-0.39, 0.29) is 42.6 Å². The zero-order chi connectivity index (χ0) is 17.6. The minimum atomic E-state index is -0.315. The summed E-state index contributed by atoms with van der Waals surface area (Å²) in [5.74, 6) is 0. The number of hydrogen-bond acceptors (Lipinski definition) is 0. The Bertz CT molecular complexity index is 505. The van der Waals surface area contributed by atoms with Crippen molar-refractivity contribution >= 4 is 0 Å². The smallest absolute Gasteiger partial charge is 0.104 e. The molecule has 1 aromatic rings. The highest BCUT2D eigenvalue weighted by atomic mass is 35.5. The summed E-state index contributed by atoms with van der Waals surface area (Å²) < 4.78 is 39.9. The van der Waals surface area contributed by atoms with Crippen LogP contribution in [0.25, 0.3) is 0 Å². The molecule has 0 aromatic heterocycles.